The molecule has 2 aromatic rings. The number of amidine groups is 1. The number of oxime groups is 1. The average Bonchev–Trinajstić information content (AvgIpc) is 2.55. The molecular weight excluding hydrogens is 266 g/mol. The average molecular weight is 285 g/mol. The molecule has 0 atom stereocenters. The second kappa shape index (κ2) is 7.31. The summed E-state index contributed by atoms with van der Waals surface area (Å²) in [5.74, 6) is 0.977. The quantitative estimate of drug-likeness (QED) is 0.328. The number of hydrogen-bond acceptors (Lipinski definition) is 4. The van der Waals surface area contributed by atoms with Crippen LogP contribution < -0.4 is 15.8 Å². The van der Waals surface area contributed by atoms with E-state index in [-0.39, 0.29) is 5.84 Å². The monoisotopic (exact) mass is 285 g/mol. The fourth-order valence-corrected chi connectivity index (χ4v) is 1.95. The van der Waals surface area contributed by atoms with E-state index in [9.17, 15) is 0 Å². The molecule has 0 aliphatic heterocycles. The summed E-state index contributed by atoms with van der Waals surface area (Å²) in [6.07, 6.45) is 0. The van der Waals surface area contributed by atoms with Crippen LogP contribution in [0.15, 0.2) is 53.7 Å². The molecular formula is C16H19N3O2. The Balaban J connectivity index is 1.85. The van der Waals surface area contributed by atoms with Crippen molar-refractivity contribution in [2.75, 3.05) is 7.11 Å². The molecule has 0 spiro atoms. The summed E-state index contributed by atoms with van der Waals surface area (Å²) in [5.41, 5.74) is 8.56. The summed E-state index contributed by atoms with van der Waals surface area (Å²) in [6, 6.07) is 15.5. The molecule has 2 rings (SSSR count). The number of ether oxygens (including phenoxy) is 1. The normalized spacial score (nSPS) is 11.4. The first-order valence-electron chi connectivity index (χ1n) is 6.63. The Morgan fingerprint density at radius 3 is 2.05 bits per heavy atom. The van der Waals surface area contributed by atoms with E-state index >= 15 is 0 Å². The van der Waals surface area contributed by atoms with Crippen molar-refractivity contribution in [3.05, 3.63) is 65.2 Å². The SMILES string of the molecule is COc1ccc(CNCc2ccc(C(N)=NO)cc2)cc1. The van der Waals surface area contributed by atoms with Gasteiger partial charge in [0.25, 0.3) is 0 Å². The Hall–Kier alpha value is -2.53. The highest BCUT2D eigenvalue weighted by Crippen LogP contribution is 2.11. The third-order valence-corrected chi connectivity index (χ3v) is 3.17. The van der Waals surface area contributed by atoms with Gasteiger partial charge in [0, 0.05) is 18.7 Å². The lowest BCUT2D eigenvalue weighted by Crippen LogP contribution is -2.14. The summed E-state index contributed by atoms with van der Waals surface area (Å²) >= 11 is 0. The lowest BCUT2D eigenvalue weighted by molar-refractivity contribution is 0.318. The molecule has 0 saturated heterocycles. The first kappa shape index (κ1) is 14.9. The van der Waals surface area contributed by atoms with Gasteiger partial charge in [-0.2, -0.15) is 0 Å². The van der Waals surface area contributed by atoms with Gasteiger partial charge in [-0.3, -0.25) is 0 Å². The molecule has 4 N–H and O–H groups in total. The highest BCUT2D eigenvalue weighted by Gasteiger charge is 1.99. The number of nitrogens with two attached hydrogens (primary N) is 1. The zero-order valence-electron chi connectivity index (χ0n) is 11.9. The largest absolute Gasteiger partial charge is 0.497 e. The van der Waals surface area contributed by atoms with Gasteiger partial charge in [-0.1, -0.05) is 41.6 Å². The van der Waals surface area contributed by atoms with Crippen LogP contribution in [0.4, 0.5) is 0 Å². The van der Waals surface area contributed by atoms with Crippen LogP contribution in [0.25, 0.3) is 0 Å². The number of hydrogen-bond donors (Lipinski definition) is 3. The summed E-state index contributed by atoms with van der Waals surface area (Å²) in [6.45, 7) is 1.54. The minimum atomic E-state index is 0.118. The predicted molar refractivity (Wildman–Crippen MR) is 82.5 cm³/mol. The van der Waals surface area contributed by atoms with E-state index in [1.807, 2.05) is 48.5 Å². The minimum Gasteiger partial charge on any atom is -0.497 e. The molecule has 110 valence electrons. The minimum absolute atomic E-state index is 0.118. The van der Waals surface area contributed by atoms with Crippen molar-refractivity contribution in [1.29, 1.82) is 0 Å². The van der Waals surface area contributed by atoms with E-state index in [4.69, 9.17) is 15.7 Å². The number of nitrogens with one attached hydrogen (secondary N) is 1. The van der Waals surface area contributed by atoms with Crippen molar-refractivity contribution < 1.29 is 9.94 Å². The number of nitrogens with zero attached hydrogens (tertiary/aromatic N) is 1. The van der Waals surface area contributed by atoms with Crippen molar-refractivity contribution in [3.63, 3.8) is 0 Å². The molecule has 5 nitrogen and oxygen atoms in total. The van der Waals surface area contributed by atoms with Crippen LogP contribution in [-0.4, -0.2) is 18.2 Å². The van der Waals surface area contributed by atoms with Crippen LogP contribution in [0.5, 0.6) is 5.75 Å². The topological polar surface area (TPSA) is 79.9 Å². The first-order chi connectivity index (χ1) is 10.2. The standard InChI is InChI=1S/C16H19N3O2/c1-21-15-8-4-13(5-9-15)11-18-10-12-2-6-14(7-3-12)16(17)19-20/h2-9,18,20H,10-11H2,1H3,(H2,17,19). The maximum Gasteiger partial charge on any atom is 0.170 e. The summed E-state index contributed by atoms with van der Waals surface area (Å²) in [5, 5.41) is 14.9. The summed E-state index contributed by atoms with van der Waals surface area (Å²) in [7, 11) is 1.66. The van der Waals surface area contributed by atoms with Gasteiger partial charge in [-0.25, -0.2) is 0 Å². The molecule has 0 heterocycles. The van der Waals surface area contributed by atoms with E-state index in [0.29, 0.717) is 5.56 Å². The summed E-state index contributed by atoms with van der Waals surface area (Å²) < 4.78 is 5.12. The molecule has 0 aromatic heterocycles. The van der Waals surface area contributed by atoms with Crippen LogP contribution in [0.1, 0.15) is 16.7 Å². The Bertz CT molecular complexity index is 592. The Labute approximate surface area is 124 Å². The molecule has 5 heteroatoms. The highest BCUT2D eigenvalue weighted by atomic mass is 16.5. The van der Waals surface area contributed by atoms with Gasteiger partial charge in [-0.15, -0.1) is 0 Å². The second-order valence-electron chi connectivity index (χ2n) is 4.63. The van der Waals surface area contributed by atoms with Crippen LogP contribution in [0, 0.1) is 0 Å². The molecule has 0 fully saturated rings. The maximum atomic E-state index is 8.60. The van der Waals surface area contributed by atoms with Crippen molar-refractivity contribution >= 4 is 5.84 Å². The molecule has 0 unspecified atom stereocenters. The van der Waals surface area contributed by atoms with Crippen LogP contribution >= 0.6 is 0 Å². The fourth-order valence-electron chi connectivity index (χ4n) is 1.95. The van der Waals surface area contributed by atoms with Crippen LogP contribution in [-0.2, 0) is 13.1 Å². The molecule has 0 saturated carbocycles. The smallest absolute Gasteiger partial charge is 0.170 e. The first-order valence-corrected chi connectivity index (χ1v) is 6.63. The lowest BCUT2D eigenvalue weighted by atomic mass is 10.1. The predicted octanol–water partition coefficient (Wildman–Crippen LogP) is 2.08. The second-order valence-corrected chi connectivity index (χ2v) is 4.63. The molecule has 2 aromatic carbocycles. The van der Waals surface area contributed by atoms with Gasteiger partial charge in [-0.05, 0) is 23.3 Å². The lowest BCUT2D eigenvalue weighted by Gasteiger charge is -2.07. The Kier molecular flexibility index (Phi) is 5.17. The van der Waals surface area contributed by atoms with Gasteiger partial charge in [0.1, 0.15) is 5.75 Å². The number of benzene rings is 2. The maximum absolute atomic E-state index is 8.60. The van der Waals surface area contributed by atoms with Gasteiger partial charge in [0.2, 0.25) is 0 Å². The van der Waals surface area contributed by atoms with E-state index in [0.717, 1.165) is 24.4 Å². The third-order valence-electron chi connectivity index (χ3n) is 3.17. The van der Waals surface area contributed by atoms with Crippen molar-refractivity contribution in [2.24, 2.45) is 10.9 Å². The van der Waals surface area contributed by atoms with E-state index in [1.165, 1.54) is 5.56 Å². The fraction of sp³-hybridized carbons (Fsp3) is 0.188. The van der Waals surface area contributed by atoms with Crippen LogP contribution in [0.3, 0.4) is 0 Å². The Morgan fingerprint density at radius 1 is 1.05 bits per heavy atom. The van der Waals surface area contributed by atoms with Gasteiger partial charge in [0.15, 0.2) is 5.84 Å². The van der Waals surface area contributed by atoms with Crippen molar-refractivity contribution in [2.45, 2.75) is 13.1 Å². The van der Waals surface area contributed by atoms with Gasteiger partial charge in [0.05, 0.1) is 7.11 Å². The Morgan fingerprint density at radius 2 is 1.57 bits per heavy atom. The molecule has 0 aliphatic carbocycles. The van der Waals surface area contributed by atoms with E-state index in [2.05, 4.69) is 10.5 Å². The molecule has 0 radical (unpaired) electrons. The summed E-state index contributed by atoms with van der Waals surface area (Å²) in [4.78, 5) is 0. The number of methoxy groups -OCH3 is 1. The number of rotatable bonds is 6. The van der Waals surface area contributed by atoms with E-state index < -0.39 is 0 Å². The van der Waals surface area contributed by atoms with E-state index in [1.54, 1.807) is 7.11 Å². The zero-order chi connectivity index (χ0) is 15.1. The highest BCUT2D eigenvalue weighted by molar-refractivity contribution is 5.96. The molecule has 0 amide bonds. The molecule has 0 aliphatic rings. The van der Waals surface area contributed by atoms with Crippen LogP contribution in [0.2, 0.25) is 0 Å². The van der Waals surface area contributed by atoms with Crippen molar-refractivity contribution in [1.82, 2.24) is 5.32 Å². The molecule has 21 heavy (non-hydrogen) atoms. The third kappa shape index (κ3) is 4.22. The molecule has 0 bridgehead atoms. The van der Waals surface area contributed by atoms with Gasteiger partial charge >= 0.3 is 0 Å². The van der Waals surface area contributed by atoms with Gasteiger partial charge < -0.3 is 21.0 Å². The van der Waals surface area contributed by atoms with Crippen molar-refractivity contribution in [3.8, 4) is 5.75 Å². The zero-order valence-corrected chi connectivity index (χ0v) is 11.9.